The van der Waals surface area contributed by atoms with E-state index in [0.717, 1.165) is 0 Å². The van der Waals surface area contributed by atoms with Gasteiger partial charge in [-0.05, 0) is 0 Å². The fourth-order valence-electron chi connectivity index (χ4n) is 0.103. The molecule has 0 aromatic rings. The number of halogens is 4. The summed E-state index contributed by atoms with van der Waals surface area (Å²) in [4.78, 5) is 0. The van der Waals surface area contributed by atoms with Gasteiger partial charge in [-0.25, -0.2) is 0 Å². The van der Waals surface area contributed by atoms with Crippen LogP contribution in [0, 0.1) is 0 Å². The van der Waals surface area contributed by atoms with Crippen molar-refractivity contribution in [3.63, 3.8) is 0 Å². The van der Waals surface area contributed by atoms with Crippen molar-refractivity contribution in [3.05, 3.63) is 0 Å². The minimum absolute atomic E-state index is 1.03. The highest BCUT2D eigenvalue weighted by Gasteiger charge is 2.08. The van der Waals surface area contributed by atoms with Crippen molar-refractivity contribution >= 4 is 17.5 Å². The lowest BCUT2D eigenvalue weighted by Crippen LogP contribution is -1.84. The topological polar surface area (TPSA) is 18.5 Å². The normalized spacial score (nSPS) is 11.3. The Morgan fingerprint density at radius 1 is 0.889 bits per heavy atom. The number of hydrogen-bond acceptors (Lipinski definition) is 2. The van der Waals surface area contributed by atoms with Crippen LogP contribution < -0.4 is 0 Å². The van der Waals surface area contributed by atoms with Crippen LogP contribution in [0.5, 0.6) is 0 Å². The van der Waals surface area contributed by atoms with Crippen LogP contribution in [0.25, 0.3) is 0 Å². The van der Waals surface area contributed by atoms with Crippen LogP contribution in [-0.2, 0) is 9.05 Å². The van der Waals surface area contributed by atoms with Crippen molar-refractivity contribution in [3.8, 4) is 0 Å². The van der Waals surface area contributed by atoms with Crippen molar-refractivity contribution < 1.29 is 25.8 Å². The van der Waals surface area contributed by atoms with Gasteiger partial charge in [0.1, 0.15) is 0 Å². The van der Waals surface area contributed by atoms with Crippen LogP contribution in [0.15, 0.2) is 0 Å². The zero-order valence-electron chi connectivity index (χ0n) is 3.93. The standard InChI is InChI=1S/CH2F4O2P2/c2-8(3)6-1-7-9(4)5/h1H2. The van der Waals surface area contributed by atoms with E-state index in [0.29, 0.717) is 0 Å². The zero-order valence-corrected chi connectivity index (χ0v) is 5.72. The summed E-state index contributed by atoms with van der Waals surface area (Å²) >= 11 is 0. The highest BCUT2D eigenvalue weighted by Crippen LogP contribution is 2.44. The molecule has 0 radical (unpaired) electrons. The van der Waals surface area contributed by atoms with E-state index >= 15 is 0 Å². The first kappa shape index (κ1) is 9.50. The van der Waals surface area contributed by atoms with Crippen molar-refractivity contribution in [2.75, 3.05) is 6.79 Å². The molecule has 0 aliphatic rings. The maximum atomic E-state index is 11.0. The molecular weight excluding hydrogens is 182 g/mol. The highest BCUT2D eigenvalue weighted by atomic mass is 31.2. The Labute approximate surface area is 51.3 Å². The molecule has 0 saturated heterocycles. The molecule has 0 N–H and O–H groups in total. The largest absolute Gasteiger partial charge is 0.417 e. The lowest BCUT2D eigenvalue weighted by Gasteiger charge is -1.98. The first-order chi connectivity index (χ1) is 4.13. The summed E-state index contributed by atoms with van der Waals surface area (Å²) in [7, 11) is -7.16. The lowest BCUT2D eigenvalue weighted by atomic mass is 11.6. The molecule has 0 fully saturated rings. The molecule has 8 heteroatoms. The number of rotatable bonds is 4. The van der Waals surface area contributed by atoms with Gasteiger partial charge in [0.25, 0.3) is 0 Å². The van der Waals surface area contributed by atoms with Crippen LogP contribution >= 0.6 is 17.5 Å². The maximum Gasteiger partial charge on any atom is 0.417 e. The van der Waals surface area contributed by atoms with Gasteiger partial charge in [0.15, 0.2) is 6.79 Å². The molecule has 0 spiro atoms. The lowest BCUT2D eigenvalue weighted by molar-refractivity contribution is 0.119. The third-order valence-corrected chi connectivity index (χ3v) is 0.902. The maximum absolute atomic E-state index is 11.0. The smallest absolute Gasteiger partial charge is 0.278 e. The third-order valence-electron chi connectivity index (χ3n) is 0.301. The Bertz CT molecular complexity index is 61.6. The molecule has 56 valence electrons. The van der Waals surface area contributed by atoms with E-state index in [1.807, 2.05) is 0 Å². The Morgan fingerprint density at radius 3 is 1.44 bits per heavy atom. The van der Waals surface area contributed by atoms with E-state index in [1.54, 1.807) is 0 Å². The van der Waals surface area contributed by atoms with Crippen molar-refractivity contribution in [1.82, 2.24) is 0 Å². The van der Waals surface area contributed by atoms with Gasteiger partial charge in [0.05, 0.1) is 0 Å². The van der Waals surface area contributed by atoms with Crippen LogP contribution in [0.2, 0.25) is 0 Å². The summed E-state index contributed by atoms with van der Waals surface area (Å²) in [6.45, 7) is -1.03. The van der Waals surface area contributed by atoms with Crippen LogP contribution in [0.4, 0.5) is 16.8 Å². The van der Waals surface area contributed by atoms with Gasteiger partial charge in [-0.3, -0.25) is 9.05 Å². The summed E-state index contributed by atoms with van der Waals surface area (Å²) in [5.41, 5.74) is 0. The molecule has 9 heavy (non-hydrogen) atoms. The van der Waals surface area contributed by atoms with Crippen LogP contribution in [0.3, 0.4) is 0 Å². The predicted octanol–water partition coefficient (Wildman–Crippen LogP) is 3.31. The third kappa shape index (κ3) is 8.50. The summed E-state index contributed by atoms with van der Waals surface area (Å²) in [6.07, 6.45) is 0. The monoisotopic (exact) mass is 184 g/mol. The van der Waals surface area contributed by atoms with Gasteiger partial charge in [-0.2, -0.15) is 16.8 Å². The molecular formula is CH2F4O2P2. The molecule has 0 unspecified atom stereocenters. The quantitative estimate of drug-likeness (QED) is 0.379. The molecule has 0 aromatic carbocycles. The predicted molar refractivity (Wildman–Crippen MR) is 25.3 cm³/mol. The van der Waals surface area contributed by atoms with E-state index in [4.69, 9.17) is 0 Å². The Morgan fingerprint density at radius 2 is 1.22 bits per heavy atom. The van der Waals surface area contributed by atoms with E-state index in [-0.39, 0.29) is 0 Å². The van der Waals surface area contributed by atoms with E-state index in [9.17, 15) is 16.8 Å². The molecule has 0 saturated carbocycles. The molecule has 0 atom stereocenters. The van der Waals surface area contributed by atoms with Gasteiger partial charge >= 0.3 is 17.5 Å². The fraction of sp³-hybridized carbons (Fsp3) is 1.00. The summed E-state index contributed by atoms with van der Waals surface area (Å²) in [5.74, 6) is 0. The summed E-state index contributed by atoms with van der Waals surface area (Å²) in [6, 6.07) is 0. The average molecular weight is 184 g/mol. The Balaban J connectivity index is 2.91. The van der Waals surface area contributed by atoms with Crippen molar-refractivity contribution in [1.29, 1.82) is 0 Å². The first-order valence-electron chi connectivity index (χ1n) is 1.62. The number of hydrogen-bond donors (Lipinski definition) is 0. The molecule has 0 amide bonds. The summed E-state index contributed by atoms with van der Waals surface area (Å²) in [5, 5.41) is 0. The molecule has 0 heterocycles. The molecule has 0 aliphatic carbocycles. The van der Waals surface area contributed by atoms with Gasteiger partial charge in [0.2, 0.25) is 0 Å². The molecule has 0 aliphatic heterocycles. The van der Waals surface area contributed by atoms with Crippen LogP contribution in [0.1, 0.15) is 0 Å². The summed E-state index contributed by atoms with van der Waals surface area (Å²) < 4.78 is 50.8. The molecule has 0 aromatic heterocycles. The van der Waals surface area contributed by atoms with Crippen molar-refractivity contribution in [2.24, 2.45) is 0 Å². The van der Waals surface area contributed by atoms with Gasteiger partial charge in [-0.1, -0.05) is 0 Å². The van der Waals surface area contributed by atoms with E-state index < -0.39 is 24.3 Å². The molecule has 0 bridgehead atoms. The second-order valence-electron chi connectivity index (χ2n) is 0.780. The van der Waals surface area contributed by atoms with Gasteiger partial charge < -0.3 is 0 Å². The molecule has 0 rings (SSSR count). The SMILES string of the molecule is FP(F)OCOP(F)F. The highest BCUT2D eigenvalue weighted by molar-refractivity contribution is 7.41. The Kier molecular flexibility index (Phi) is 5.59. The van der Waals surface area contributed by atoms with Crippen molar-refractivity contribution in [2.45, 2.75) is 0 Å². The second kappa shape index (κ2) is 5.30. The second-order valence-corrected chi connectivity index (χ2v) is 2.10. The Hall–Kier alpha value is 0.500. The average Bonchev–Trinajstić information content (AvgIpc) is 1.63. The van der Waals surface area contributed by atoms with Gasteiger partial charge in [-0.15, -0.1) is 0 Å². The first-order valence-corrected chi connectivity index (χ1v) is 3.70. The van der Waals surface area contributed by atoms with Gasteiger partial charge in [0, 0.05) is 0 Å². The minimum atomic E-state index is -3.58. The van der Waals surface area contributed by atoms with E-state index in [2.05, 4.69) is 9.05 Å². The van der Waals surface area contributed by atoms with E-state index in [1.165, 1.54) is 0 Å². The fourth-order valence-corrected chi connectivity index (χ4v) is 0.451. The minimum Gasteiger partial charge on any atom is -0.278 e. The zero-order chi connectivity index (χ0) is 7.28. The van der Waals surface area contributed by atoms with Crippen LogP contribution in [-0.4, -0.2) is 6.79 Å². The molecule has 2 nitrogen and oxygen atoms in total.